The Morgan fingerprint density at radius 3 is 2.95 bits per heavy atom. The minimum Gasteiger partial charge on any atom is -0.497 e. The first-order chi connectivity index (χ1) is 9.63. The van der Waals surface area contributed by atoms with E-state index in [4.69, 9.17) is 9.47 Å². The van der Waals surface area contributed by atoms with Gasteiger partial charge in [-0.15, -0.1) is 0 Å². The van der Waals surface area contributed by atoms with Crippen LogP contribution in [0.3, 0.4) is 0 Å². The number of methoxy groups -OCH3 is 1. The molecule has 0 saturated heterocycles. The van der Waals surface area contributed by atoms with E-state index >= 15 is 0 Å². The maximum atomic E-state index is 6.47. The molecule has 3 nitrogen and oxygen atoms in total. The molecular formula is C17H25NO2. The highest BCUT2D eigenvalue weighted by molar-refractivity contribution is 5.45. The summed E-state index contributed by atoms with van der Waals surface area (Å²) in [5.74, 6) is 2.63. The molecule has 1 aliphatic heterocycles. The Bertz CT molecular complexity index is 486. The van der Waals surface area contributed by atoms with Gasteiger partial charge in [0.1, 0.15) is 17.1 Å². The molecule has 0 bridgehead atoms. The summed E-state index contributed by atoms with van der Waals surface area (Å²) >= 11 is 0. The fourth-order valence-corrected chi connectivity index (χ4v) is 3.85. The lowest BCUT2D eigenvalue weighted by Crippen LogP contribution is -2.48. The third kappa shape index (κ3) is 2.39. The molecule has 3 rings (SSSR count). The van der Waals surface area contributed by atoms with Crippen LogP contribution in [0.25, 0.3) is 0 Å². The van der Waals surface area contributed by atoms with E-state index in [1.807, 2.05) is 6.07 Å². The van der Waals surface area contributed by atoms with Gasteiger partial charge in [0.05, 0.1) is 7.11 Å². The summed E-state index contributed by atoms with van der Waals surface area (Å²) in [4.78, 5) is 2.30. The van der Waals surface area contributed by atoms with Crippen LogP contribution < -0.4 is 9.47 Å². The molecule has 1 saturated carbocycles. The van der Waals surface area contributed by atoms with Gasteiger partial charge in [0.2, 0.25) is 0 Å². The zero-order valence-corrected chi connectivity index (χ0v) is 12.8. The Balaban J connectivity index is 1.86. The molecule has 1 aromatic rings. The number of hydrogen-bond donors (Lipinski definition) is 0. The largest absolute Gasteiger partial charge is 0.497 e. The van der Waals surface area contributed by atoms with Crippen LogP contribution in [0, 0.1) is 5.92 Å². The lowest BCUT2D eigenvalue weighted by atomic mass is 9.73. The van der Waals surface area contributed by atoms with Crippen molar-refractivity contribution in [1.29, 1.82) is 0 Å². The highest BCUT2D eigenvalue weighted by Crippen LogP contribution is 2.47. The van der Waals surface area contributed by atoms with Crippen molar-refractivity contribution in [1.82, 2.24) is 4.90 Å². The molecule has 3 heteroatoms. The molecule has 2 aliphatic rings. The van der Waals surface area contributed by atoms with Crippen molar-refractivity contribution in [2.24, 2.45) is 5.92 Å². The predicted octanol–water partition coefficient (Wildman–Crippen LogP) is 3.12. The lowest BCUT2D eigenvalue weighted by molar-refractivity contribution is -0.0150. The topological polar surface area (TPSA) is 21.7 Å². The van der Waals surface area contributed by atoms with Gasteiger partial charge < -0.3 is 14.4 Å². The number of ether oxygens (including phenoxy) is 2. The molecule has 0 N–H and O–H groups in total. The van der Waals surface area contributed by atoms with Crippen molar-refractivity contribution < 1.29 is 9.47 Å². The Kier molecular flexibility index (Phi) is 3.63. The first-order valence-electron chi connectivity index (χ1n) is 7.64. The third-order valence-electron chi connectivity index (χ3n) is 4.80. The van der Waals surface area contributed by atoms with Crippen LogP contribution in [-0.4, -0.2) is 38.3 Å². The minimum absolute atomic E-state index is 0.0250. The molecule has 0 radical (unpaired) electrons. The van der Waals surface area contributed by atoms with Crippen LogP contribution in [0.1, 0.15) is 31.2 Å². The molecule has 0 amide bonds. The summed E-state index contributed by atoms with van der Waals surface area (Å²) in [6.45, 7) is 1.12. The zero-order chi connectivity index (χ0) is 14.2. The molecule has 2 atom stereocenters. The normalized spacial score (nSPS) is 28.5. The standard InChI is InChI=1S/C17H25NO2/c1-18(2)12-14-6-4-5-9-17(14)11-13-10-15(19-3)7-8-16(13)20-17/h7-8,10,14H,4-6,9,11-12H2,1-3H3/t14-,17+/m1/s1. The molecule has 1 heterocycles. The van der Waals surface area contributed by atoms with E-state index in [0.29, 0.717) is 5.92 Å². The molecule has 0 unspecified atom stereocenters. The molecule has 110 valence electrons. The Morgan fingerprint density at radius 2 is 2.20 bits per heavy atom. The first kappa shape index (κ1) is 13.7. The Labute approximate surface area is 121 Å². The van der Waals surface area contributed by atoms with E-state index in [0.717, 1.165) is 24.5 Å². The number of fused-ring (bicyclic) bond motifs is 1. The molecule has 20 heavy (non-hydrogen) atoms. The fraction of sp³-hybridized carbons (Fsp3) is 0.647. The van der Waals surface area contributed by atoms with Crippen molar-refractivity contribution in [3.8, 4) is 11.5 Å². The second kappa shape index (κ2) is 5.28. The Morgan fingerprint density at radius 1 is 1.35 bits per heavy atom. The van der Waals surface area contributed by atoms with E-state index in [2.05, 4.69) is 31.1 Å². The molecular weight excluding hydrogens is 250 g/mol. The second-order valence-electron chi connectivity index (χ2n) is 6.52. The molecule has 1 aromatic carbocycles. The highest BCUT2D eigenvalue weighted by Gasteiger charge is 2.47. The van der Waals surface area contributed by atoms with Crippen LogP contribution in [0.15, 0.2) is 18.2 Å². The van der Waals surface area contributed by atoms with Crippen molar-refractivity contribution in [2.75, 3.05) is 27.7 Å². The summed E-state index contributed by atoms with van der Waals surface area (Å²) in [5.41, 5.74) is 1.34. The summed E-state index contributed by atoms with van der Waals surface area (Å²) in [7, 11) is 6.05. The Hall–Kier alpha value is -1.22. The molecule has 0 aromatic heterocycles. The smallest absolute Gasteiger partial charge is 0.123 e. The quantitative estimate of drug-likeness (QED) is 0.846. The van der Waals surface area contributed by atoms with Gasteiger partial charge in [0.15, 0.2) is 0 Å². The van der Waals surface area contributed by atoms with Gasteiger partial charge in [0.25, 0.3) is 0 Å². The molecule has 1 fully saturated rings. The van der Waals surface area contributed by atoms with E-state index in [1.165, 1.54) is 31.2 Å². The van der Waals surface area contributed by atoms with Gasteiger partial charge in [-0.3, -0.25) is 0 Å². The van der Waals surface area contributed by atoms with Crippen LogP contribution in [0.2, 0.25) is 0 Å². The molecule has 1 aliphatic carbocycles. The SMILES string of the molecule is COc1ccc2c(c1)C[C@]1(CCCC[C@@H]1CN(C)C)O2. The fourth-order valence-electron chi connectivity index (χ4n) is 3.85. The van der Waals surface area contributed by atoms with Gasteiger partial charge in [-0.05, 0) is 51.6 Å². The monoisotopic (exact) mass is 275 g/mol. The maximum Gasteiger partial charge on any atom is 0.123 e. The number of benzene rings is 1. The number of hydrogen-bond acceptors (Lipinski definition) is 3. The summed E-state index contributed by atoms with van der Waals surface area (Å²) in [6, 6.07) is 6.22. The second-order valence-corrected chi connectivity index (χ2v) is 6.52. The van der Waals surface area contributed by atoms with Gasteiger partial charge in [0, 0.05) is 24.4 Å². The van der Waals surface area contributed by atoms with E-state index in [-0.39, 0.29) is 5.60 Å². The average Bonchev–Trinajstić information content (AvgIpc) is 2.78. The predicted molar refractivity (Wildman–Crippen MR) is 80.6 cm³/mol. The van der Waals surface area contributed by atoms with Crippen LogP contribution in [0.4, 0.5) is 0 Å². The molecule has 1 spiro atoms. The van der Waals surface area contributed by atoms with Gasteiger partial charge in [-0.25, -0.2) is 0 Å². The van der Waals surface area contributed by atoms with Crippen molar-refractivity contribution in [3.63, 3.8) is 0 Å². The maximum absolute atomic E-state index is 6.47. The lowest BCUT2D eigenvalue weighted by Gasteiger charge is -2.41. The average molecular weight is 275 g/mol. The van der Waals surface area contributed by atoms with Crippen LogP contribution in [0.5, 0.6) is 11.5 Å². The highest BCUT2D eigenvalue weighted by atomic mass is 16.5. The number of nitrogens with zero attached hydrogens (tertiary/aromatic N) is 1. The van der Waals surface area contributed by atoms with E-state index in [9.17, 15) is 0 Å². The first-order valence-corrected chi connectivity index (χ1v) is 7.64. The minimum atomic E-state index is 0.0250. The summed E-state index contributed by atoms with van der Waals surface area (Å²) in [5, 5.41) is 0. The van der Waals surface area contributed by atoms with Crippen molar-refractivity contribution in [3.05, 3.63) is 23.8 Å². The number of rotatable bonds is 3. The van der Waals surface area contributed by atoms with Gasteiger partial charge in [-0.1, -0.05) is 6.42 Å². The van der Waals surface area contributed by atoms with Crippen LogP contribution in [-0.2, 0) is 6.42 Å². The summed E-state index contributed by atoms with van der Waals surface area (Å²) in [6.07, 6.45) is 6.13. The zero-order valence-electron chi connectivity index (χ0n) is 12.8. The van der Waals surface area contributed by atoms with Crippen molar-refractivity contribution >= 4 is 0 Å². The van der Waals surface area contributed by atoms with E-state index in [1.54, 1.807) is 7.11 Å². The summed E-state index contributed by atoms with van der Waals surface area (Å²) < 4.78 is 11.8. The van der Waals surface area contributed by atoms with Crippen LogP contribution >= 0.6 is 0 Å². The van der Waals surface area contributed by atoms with Crippen molar-refractivity contribution in [2.45, 2.75) is 37.7 Å². The van der Waals surface area contributed by atoms with E-state index < -0.39 is 0 Å². The van der Waals surface area contributed by atoms with Gasteiger partial charge in [-0.2, -0.15) is 0 Å². The van der Waals surface area contributed by atoms with Gasteiger partial charge >= 0.3 is 0 Å². The third-order valence-corrected chi connectivity index (χ3v) is 4.80.